The Morgan fingerprint density at radius 1 is 1.21 bits per heavy atom. The Morgan fingerprint density at radius 2 is 1.79 bits per heavy atom. The maximum Gasteiger partial charge on any atom is 0.312 e. The van der Waals surface area contributed by atoms with Crippen molar-refractivity contribution in [3.8, 4) is 0 Å². The van der Waals surface area contributed by atoms with Crippen LogP contribution in [-0.4, -0.2) is 38.2 Å². The molecule has 1 aliphatic rings. The monoisotopic (exact) mass is 328 g/mol. The Kier molecular flexibility index (Phi) is 3.95. The highest BCUT2D eigenvalue weighted by Gasteiger charge is 2.58. The van der Waals surface area contributed by atoms with Crippen molar-refractivity contribution in [1.82, 2.24) is 5.06 Å². The predicted molar refractivity (Wildman–Crippen MR) is 86.4 cm³/mol. The van der Waals surface area contributed by atoms with Crippen LogP contribution in [0.2, 0.25) is 0 Å². The maximum atomic E-state index is 13.1. The standard InChI is InChI=1S/C18H17FN2O3/c1-12-16(13-8-10-15(19)11-9-13)21(24)18(2,20(12)23)17(22)14-6-4-3-5-7-14/h3-12,23H,1-2H3/t12-,18+/m0/s1. The molecule has 0 bridgehead atoms. The number of hydroxylamine groups is 3. The van der Waals surface area contributed by atoms with Gasteiger partial charge in [-0.25, -0.2) is 4.39 Å². The molecule has 0 aliphatic carbocycles. The van der Waals surface area contributed by atoms with Gasteiger partial charge in [-0.15, -0.1) is 5.06 Å². The summed E-state index contributed by atoms with van der Waals surface area (Å²) >= 11 is 0. The lowest BCUT2D eigenvalue weighted by atomic mass is 10.00. The molecule has 0 unspecified atom stereocenters. The summed E-state index contributed by atoms with van der Waals surface area (Å²) in [5, 5.41) is 24.2. The van der Waals surface area contributed by atoms with Gasteiger partial charge in [0.1, 0.15) is 11.9 Å². The number of hydrogen-bond donors (Lipinski definition) is 1. The van der Waals surface area contributed by atoms with Gasteiger partial charge in [-0.05, 0) is 31.2 Å². The zero-order chi connectivity index (χ0) is 17.5. The van der Waals surface area contributed by atoms with Gasteiger partial charge in [0.05, 0.1) is 0 Å². The number of halogens is 1. The summed E-state index contributed by atoms with van der Waals surface area (Å²) < 4.78 is 13.6. The fourth-order valence-electron chi connectivity index (χ4n) is 3.03. The van der Waals surface area contributed by atoms with Crippen molar-refractivity contribution in [3.05, 3.63) is 76.7 Å². The molecule has 6 heteroatoms. The number of carbonyl (C=O) groups is 1. The molecule has 24 heavy (non-hydrogen) atoms. The Labute approximate surface area is 138 Å². The van der Waals surface area contributed by atoms with E-state index in [0.29, 0.717) is 15.9 Å². The van der Waals surface area contributed by atoms with E-state index in [1.54, 1.807) is 37.3 Å². The highest BCUT2D eigenvalue weighted by molar-refractivity contribution is 6.07. The first-order valence-electron chi connectivity index (χ1n) is 7.55. The van der Waals surface area contributed by atoms with Crippen molar-refractivity contribution in [2.45, 2.75) is 25.6 Å². The van der Waals surface area contributed by atoms with E-state index in [4.69, 9.17) is 0 Å². The van der Waals surface area contributed by atoms with E-state index in [0.717, 1.165) is 5.06 Å². The van der Waals surface area contributed by atoms with Crippen molar-refractivity contribution >= 4 is 11.5 Å². The van der Waals surface area contributed by atoms with Crippen LogP contribution >= 0.6 is 0 Å². The number of carbonyl (C=O) groups excluding carboxylic acids is 1. The Balaban J connectivity index is 2.11. The fraction of sp³-hybridized carbons (Fsp3) is 0.222. The van der Waals surface area contributed by atoms with Gasteiger partial charge in [0.2, 0.25) is 5.71 Å². The SMILES string of the molecule is C[C@H]1C(c2ccc(F)cc2)=[N+]([O-])[C@](C)(C(=O)c2ccccc2)N1O. The summed E-state index contributed by atoms with van der Waals surface area (Å²) in [6.45, 7) is 3.00. The second-order valence-corrected chi connectivity index (χ2v) is 5.92. The van der Waals surface area contributed by atoms with Crippen molar-refractivity contribution in [3.63, 3.8) is 0 Å². The van der Waals surface area contributed by atoms with Gasteiger partial charge in [0.25, 0.3) is 5.78 Å². The van der Waals surface area contributed by atoms with Crippen LogP contribution < -0.4 is 0 Å². The van der Waals surface area contributed by atoms with Gasteiger partial charge in [-0.2, -0.15) is 4.74 Å². The molecular formula is C18H17FN2O3. The minimum Gasteiger partial charge on any atom is -0.622 e. The average Bonchev–Trinajstić information content (AvgIpc) is 2.78. The molecule has 0 fully saturated rings. The van der Waals surface area contributed by atoms with Gasteiger partial charge >= 0.3 is 5.66 Å². The van der Waals surface area contributed by atoms with Crippen LogP contribution in [0.25, 0.3) is 0 Å². The maximum absolute atomic E-state index is 13.1. The molecule has 0 radical (unpaired) electrons. The molecule has 2 atom stereocenters. The topological polar surface area (TPSA) is 66.6 Å². The summed E-state index contributed by atoms with van der Waals surface area (Å²) in [7, 11) is 0. The first-order valence-corrected chi connectivity index (χ1v) is 7.55. The molecule has 1 heterocycles. The third kappa shape index (κ3) is 2.31. The van der Waals surface area contributed by atoms with Crippen LogP contribution in [0.1, 0.15) is 29.8 Å². The lowest BCUT2D eigenvalue weighted by Gasteiger charge is -2.27. The molecule has 1 N–H and O–H groups in total. The van der Waals surface area contributed by atoms with Crippen LogP contribution in [0.15, 0.2) is 54.6 Å². The zero-order valence-corrected chi connectivity index (χ0v) is 13.3. The number of rotatable bonds is 3. The lowest BCUT2D eigenvalue weighted by Crippen LogP contribution is -2.54. The van der Waals surface area contributed by atoms with Gasteiger partial charge in [-0.1, -0.05) is 30.3 Å². The number of hydrogen-bond acceptors (Lipinski definition) is 4. The second-order valence-electron chi connectivity index (χ2n) is 5.92. The van der Waals surface area contributed by atoms with E-state index in [1.807, 2.05) is 0 Å². The number of benzene rings is 2. The van der Waals surface area contributed by atoms with E-state index in [-0.39, 0.29) is 5.71 Å². The number of ketones is 1. The first kappa shape index (κ1) is 16.3. The van der Waals surface area contributed by atoms with Gasteiger partial charge < -0.3 is 10.4 Å². The smallest absolute Gasteiger partial charge is 0.312 e. The summed E-state index contributed by atoms with van der Waals surface area (Å²) in [6.07, 6.45) is 0. The summed E-state index contributed by atoms with van der Waals surface area (Å²) in [5.41, 5.74) is -0.788. The average molecular weight is 328 g/mol. The molecule has 2 aromatic carbocycles. The quantitative estimate of drug-likeness (QED) is 0.534. The molecule has 124 valence electrons. The van der Waals surface area contributed by atoms with Gasteiger partial charge in [0.15, 0.2) is 0 Å². The summed E-state index contributed by atoms with van der Waals surface area (Å²) in [4.78, 5) is 12.8. The van der Waals surface area contributed by atoms with E-state index >= 15 is 0 Å². The van der Waals surface area contributed by atoms with E-state index in [2.05, 4.69) is 0 Å². The molecule has 0 aromatic heterocycles. The molecule has 0 saturated heterocycles. The minimum absolute atomic E-state index is 0.212. The molecule has 2 aromatic rings. The van der Waals surface area contributed by atoms with Crippen molar-refractivity contribution < 1.29 is 19.1 Å². The molecule has 5 nitrogen and oxygen atoms in total. The van der Waals surface area contributed by atoms with Crippen molar-refractivity contribution in [1.29, 1.82) is 0 Å². The minimum atomic E-state index is -1.79. The van der Waals surface area contributed by atoms with Crippen LogP contribution in [0, 0.1) is 11.0 Å². The fourth-order valence-corrected chi connectivity index (χ4v) is 3.03. The van der Waals surface area contributed by atoms with Crippen LogP contribution in [-0.2, 0) is 0 Å². The normalized spacial score (nSPS) is 24.4. The number of Topliss-reactive ketones (excluding diaryl/α,β-unsaturated/α-hetero) is 1. The largest absolute Gasteiger partial charge is 0.622 e. The highest BCUT2D eigenvalue weighted by atomic mass is 19.1. The second kappa shape index (κ2) is 5.81. The van der Waals surface area contributed by atoms with Gasteiger partial charge in [-0.3, -0.25) is 4.79 Å². The van der Waals surface area contributed by atoms with Crippen molar-refractivity contribution in [2.24, 2.45) is 0 Å². The molecule has 0 saturated carbocycles. The highest BCUT2D eigenvalue weighted by Crippen LogP contribution is 2.31. The predicted octanol–water partition coefficient (Wildman–Crippen LogP) is 2.82. The Morgan fingerprint density at radius 3 is 2.38 bits per heavy atom. The molecule has 0 amide bonds. The third-order valence-electron chi connectivity index (χ3n) is 4.43. The summed E-state index contributed by atoms with van der Waals surface area (Å²) in [6, 6.07) is 13.0. The molecular weight excluding hydrogens is 311 g/mol. The number of nitrogens with zero attached hydrogens (tertiary/aromatic N) is 2. The van der Waals surface area contributed by atoms with Gasteiger partial charge in [0, 0.05) is 18.1 Å². The lowest BCUT2D eigenvalue weighted by molar-refractivity contribution is -0.561. The van der Waals surface area contributed by atoms with E-state index in [9.17, 15) is 19.6 Å². The van der Waals surface area contributed by atoms with Crippen molar-refractivity contribution in [2.75, 3.05) is 0 Å². The molecule has 3 rings (SSSR count). The zero-order valence-electron chi connectivity index (χ0n) is 13.3. The van der Waals surface area contributed by atoms with Crippen LogP contribution in [0.3, 0.4) is 0 Å². The summed E-state index contributed by atoms with van der Waals surface area (Å²) in [5.74, 6) is -0.934. The molecule has 1 aliphatic heterocycles. The van der Waals surface area contributed by atoms with E-state index in [1.165, 1.54) is 31.2 Å². The Hall–Kier alpha value is -2.57. The van der Waals surface area contributed by atoms with Crippen LogP contribution in [0.5, 0.6) is 0 Å². The molecule has 0 spiro atoms. The van der Waals surface area contributed by atoms with E-state index < -0.39 is 23.3 Å². The first-order chi connectivity index (χ1) is 11.4. The Bertz CT molecular complexity index is 805. The third-order valence-corrected chi connectivity index (χ3v) is 4.43. The van der Waals surface area contributed by atoms with Crippen LogP contribution in [0.4, 0.5) is 4.39 Å².